The van der Waals surface area contributed by atoms with Crippen molar-refractivity contribution in [3.8, 4) is 0 Å². The maximum absolute atomic E-state index is 12.8. The molecular weight excluding hydrogens is 440 g/mol. The Labute approximate surface area is 209 Å². The second-order valence-corrected chi connectivity index (χ2v) is 9.82. The van der Waals surface area contributed by atoms with Gasteiger partial charge in [-0.25, -0.2) is 0 Å². The minimum atomic E-state index is -0.450. The fraction of sp³-hybridized carbons (Fsp3) is 0.533. The van der Waals surface area contributed by atoms with Gasteiger partial charge in [0.15, 0.2) is 0 Å². The Balaban J connectivity index is 1.11. The first-order chi connectivity index (χ1) is 17.2. The molecule has 2 aromatic carbocycles. The molecule has 188 valence electrons. The van der Waals surface area contributed by atoms with Gasteiger partial charge in [-0.15, -0.1) is 0 Å². The van der Waals surface area contributed by atoms with Gasteiger partial charge < -0.3 is 14.2 Å². The molecule has 0 aromatic heterocycles. The van der Waals surface area contributed by atoms with Gasteiger partial charge in [0, 0.05) is 0 Å². The second-order valence-electron chi connectivity index (χ2n) is 9.82. The topological polar surface area (TPSA) is 65.1 Å². The molecule has 35 heavy (non-hydrogen) atoms. The summed E-state index contributed by atoms with van der Waals surface area (Å²) < 4.78 is 16.8. The van der Waals surface area contributed by atoms with Gasteiger partial charge in [-0.2, -0.15) is 0 Å². The van der Waals surface area contributed by atoms with Crippen LogP contribution in [0.1, 0.15) is 62.5 Å². The summed E-state index contributed by atoms with van der Waals surface area (Å²) in [6.07, 6.45) is 9.25. The lowest BCUT2D eigenvalue weighted by molar-refractivity contribution is -0.162. The van der Waals surface area contributed by atoms with Crippen molar-refractivity contribution in [2.24, 2.45) is 11.8 Å². The van der Waals surface area contributed by atoms with E-state index >= 15 is 0 Å². The molecule has 2 aromatic rings. The molecular formula is C30H38O5. The van der Waals surface area contributed by atoms with E-state index in [0.29, 0.717) is 26.1 Å². The standard InChI is InChI=1S/C30H38O5/c31-29(33-19-11-3-9-17-23-13-5-1-6-14-23)25-21-27-28(35-27)22-26(25)30(32)34-20-12-4-10-18-24-15-7-2-8-16-24/h1-2,5-8,13-16,25-28H,3-4,9-12,17-22H2. The van der Waals surface area contributed by atoms with Crippen molar-refractivity contribution in [2.75, 3.05) is 13.2 Å². The highest BCUT2D eigenvalue weighted by molar-refractivity contribution is 5.82. The predicted molar refractivity (Wildman–Crippen MR) is 135 cm³/mol. The summed E-state index contributed by atoms with van der Waals surface area (Å²) in [6.45, 7) is 0.810. The number of benzene rings is 2. The van der Waals surface area contributed by atoms with Crippen molar-refractivity contribution in [1.82, 2.24) is 0 Å². The number of hydrogen-bond donors (Lipinski definition) is 0. The van der Waals surface area contributed by atoms with E-state index in [1.807, 2.05) is 12.1 Å². The minimum absolute atomic E-state index is 0.0976. The Morgan fingerprint density at radius 2 is 1.06 bits per heavy atom. The number of hydrogen-bond acceptors (Lipinski definition) is 5. The molecule has 1 saturated heterocycles. The molecule has 1 aliphatic carbocycles. The van der Waals surface area contributed by atoms with Gasteiger partial charge in [-0.05, 0) is 75.3 Å². The Morgan fingerprint density at radius 3 is 1.49 bits per heavy atom. The molecule has 0 spiro atoms. The smallest absolute Gasteiger partial charge is 0.309 e. The van der Waals surface area contributed by atoms with E-state index in [1.165, 1.54) is 11.1 Å². The normalized spacial score (nSPS) is 22.7. The molecule has 2 fully saturated rings. The van der Waals surface area contributed by atoms with Crippen LogP contribution < -0.4 is 0 Å². The fourth-order valence-corrected chi connectivity index (χ4v) is 5.01. The fourth-order valence-electron chi connectivity index (χ4n) is 5.01. The first kappa shape index (κ1) is 25.4. The van der Waals surface area contributed by atoms with Crippen LogP contribution in [0.3, 0.4) is 0 Å². The molecule has 4 rings (SSSR count). The Hall–Kier alpha value is -2.66. The van der Waals surface area contributed by atoms with Gasteiger partial charge in [0.2, 0.25) is 0 Å². The van der Waals surface area contributed by atoms with E-state index in [9.17, 15) is 9.59 Å². The van der Waals surface area contributed by atoms with E-state index < -0.39 is 11.8 Å². The number of carbonyl (C=O) groups excluding carboxylic acids is 2. The maximum atomic E-state index is 12.8. The third-order valence-electron chi connectivity index (χ3n) is 7.15. The molecule has 5 nitrogen and oxygen atoms in total. The highest BCUT2D eigenvalue weighted by atomic mass is 16.6. The van der Waals surface area contributed by atoms with Gasteiger partial charge in [0.05, 0.1) is 37.3 Å². The summed E-state index contributed by atoms with van der Waals surface area (Å²) in [5, 5.41) is 0. The highest BCUT2D eigenvalue weighted by Gasteiger charge is 2.53. The van der Waals surface area contributed by atoms with Crippen LogP contribution in [-0.2, 0) is 36.6 Å². The molecule has 1 aliphatic heterocycles. The predicted octanol–water partition coefficient (Wildman–Crippen LogP) is 5.69. The second kappa shape index (κ2) is 13.4. The number of rotatable bonds is 14. The van der Waals surface area contributed by atoms with Crippen molar-refractivity contribution < 1.29 is 23.8 Å². The van der Waals surface area contributed by atoms with E-state index in [-0.39, 0.29) is 24.1 Å². The van der Waals surface area contributed by atoms with E-state index in [0.717, 1.165) is 51.4 Å². The van der Waals surface area contributed by atoms with Crippen molar-refractivity contribution in [1.29, 1.82) is 0 Å². The van der Waals surface area contributed by atoms with Gasteiger partial charge in [-0.3, -0.25) is 9.59 Å². The summed E-state index contributed by atoms with van der Waals surface area (Å²) >= 11 is 0. The van der Waals surface area contributed by atoms with E-state index in [2.05, 4.69) is 48.5 Å². The quantitative estimate of drug-likeness (QED) is 0.198. The largest absolute Gasteiger partial charge is 0.465 e. The monoisotopic (exact) mass is 478 g/mol. The van der Waals surface area contributed by atoms with Crippen LogP contribution in [-0.4, -0.2) is 37.4 Å². The van der Waals surface area contributed by atoms with Crippen LogP contribution >= 0.6 is 0 Å². The SMILES string of the molecule is O=C(OCCCCCc1ccccc1)C1CC2OC2CC1C(=O)OCCCCCc1ccccc1. The lowest BCUT2D eigenvalue weighted by Gasteiger charge is -2.26. The molecule has 2 aliphatic rings. The number of carbonyl (C=O) groups is 2. The number of epoxide rings is 1. The van der Waals surface area contributed by atoms with Crippen molar-refractivity contribution >= 4 is 11.9 Å². The summed E-state index contributed by atoms with van der Waals surface area (Å²) in [5.74, 6) is -1.44. The van der Waals surface area contributed by atoms with Crippen molar-refractivity contribution in [3.05, 3.63) is 71.8 Å². The molecule has 0 bridgehead atoms. The zero-order valence-electron chi connectivity index (χ0n) is 20.6. The number of esters is 2. The Morgan fingerprint density at radius 1 is 0.629 bits per heavy atom. The number of fused-ring (bicyclic) bond motifs is 1. The summed E-state index contributed by atoms with van der Waals surface area (Å²) in [6, 6.07) is 20.8. The summed E-state index contributed by atoms with van der Waals surface area (Å²) in [7, 11) is 0. The summed E-state index contributed by atoms with van der Waals surface area (Å²) in [4.78, 5) is 25.6. The molecule has 5 heteroatoms. The molecule has 1 saturated carbocycles. The zero-order valence-corrected chi connectivity index (χ0v) is 20.6. The van der Waals surface area contributed by atoms with Crippen LogP contribution in [0.5, 0.6) is 0 Å². The average molecular weight is 479 g/mol. The van der Waals surface area contributed by atoms with Gasteiger partial charge >= 0.3 is 11.9 Å². The zero-order chi connectivity index (χ0) is 24.3. The Kier molecular flexibility index (Phi) is 9.76. The van der Waals surface area contributed by atoms with Crippen LogP contribution in [0, 0.1) is 11.8 Å². The number of unbranched alkanes of at least 4 members (excludes halogenated alkanes) is 4. The average Bonchev–Trinajstić information content (AvgIpc) is 3.67. The lowest BCUT2D eigenvalue weighted by Crippen LogP contribution is -2.37. The molecule has 4 unspecified atom stereocenters. The minimum Gasteiger partial charge on any atom is -0.465 e. The maximum Gasteiger partial charge on any atom is 0.309 e. The number of ether oxygens (including phenoxy) is 3. The molecule has 1 heterocycles. The third-order valence-corrected chi connectivity index (χ3v) is 7.15. The molecule has 0 amide bonds. The van der Waals surface area contributed by atoms with E-state index in [4.69, 9.17) is 14.2 Å². The Bertz CT molecular complexity index is 837. The van der Waals surface area contributed by atoms with Crippen molar-refractivity contribution in [3.63, 3.8) is 0 Å². The van der Waals surface area contributed by atoms with Crippen LogP contribution in [0.25, 0.3) is 0 Å². The summed E-state index contributed by atoms with van der Waals surface area (Å²) in [5.41, 5.74) is 2.67. The van der Waals surface area contributed by atoms with Gasteiger partial charge in [0.1, 0.15) is 0 Å². The number of aryl methyl sites for hydroxylation is 2. The van der Waals surface area contributed by atoms with Crippen LogP contribution in [0.2, 0.25) is 0 Å². The van der Waals surface area contributed by atoms with Crippen molar-refractivity contribution in [2.45, 2.75) is 76.4 Å². The van der Waals surface area contributed by atoms with Crippen LogP contribution in [0.4, 0.5) is 0 Å². The van der Waals surface area contributed by atoms with Gasteiger partial charge in [-0.1, -0.05) is 60.7 Å². The van der Waals surface area contributed by atoms with Crippen LogP contribution in [0.15, 0.2) is 60.7 Å². The highest BCUT2D eigenvalue weighted by Crippen LogP contribution is 2.43. The molecule has 4 atom stereocenters. The molecule has 0 radical (unpaired) electrons. The first-order valence-corrected chi connectivity index (χ1v) is 13.3. The first-order valence-electron chi connectivity index (χ1n) is 13.3. The molecule has 0 N–H and O–H groups in total. The van der Waals surface area contributed by atoms with E-state index in [1.54, 1.807) is 0 Å². The lowest BCUT2D eigenvalue weighted by atomic mass is 9.79. The van der Waals surface area contributed by atoms with Gasteiger partial charge in [0.25, 0.3) is 0 Å². The third kappa shape index (κ3) is 8.21.